The van der Waals surface area contributed by atoms with Gasteiger partial charge in [0, 0.05) is 11.6 Å². The number of ether oxygens (including phenoxy) is 1. The first kappa shape index (κ1) is 13.6. The summed E-state index contributed by atoms with van der Waals surface area (Å²) in [5, 5.41) is 3.06. The van der Waals surface area contributed by atoms with Crippen molar-refractivity contribution < 1.29 is 13.9 Å². The largest absolute Gasteiger partial charge is 0.468 e. The van der Waals surface area contributed by atoms with Gasteiger partial charge in [0.1, 0.15) is 11.9 Å². The fraction of sp³-hybridized carbons (Fsp3) is 0.462. The van der Waals surface area contributed by atoms with Crippen LogP contribution >= 0.6 is 0 Å². The molecule has 0 fully saturated rings. The Balaban J connectivity index is 2.79. The Morgan fingerprint density at radius 2 is 2.12 bits per heavy atom. The van der Waals surface area contributed by atoms with E-state index >= 15 is 0 Å². The number of benzene rings is 1. The molecule has 0 heterocycles. The van der Waals surface area contributed by atoms with Crippen LogP contribution in [0.5, 0.6) is 0 Å². The van der Waals surface area contributed by atoms with Gasteiger partial charge in [-0.25, -0.2) is 4.39 Å². The predicted molar refractivity (Wildman–Crippen MR) is 64.0 cm³/mol. The molecule has 0 aromatic heterocycles. The summed E-state index contributed by atoms with van der Waals surface area (Å²) in [5.41, 5.74) is 0.575. The van der Waals surface area contributed by atoms with Gasteiger partial charge in [0.25, 0.3) is 0 Å². The van der Waals surface area contributed by atoms with Gasteiger partial charge in [0.15, 0.2) is 0 Å². The van der Waals surface area contributed by atoms with Gasteiger partial charge in [-0.05, 0) is 19.4 Å². The Bertz CT molecular complexity index is 381. The fourth-order valence-electron chi connectivity index (χ4n) is 1.73. The van der Waals surface area contributed by atoms with E-state index in [0.717, 1.165) is 0 Å². The summed E-state index contributed by atoms with van der Waals surface area (Å²) in [4.78, 5) is 11.3. The lowest BCUT2D eigenvalue weighted by Crippen LogP contribution is -2.37. The molecule has 0 saturated heterocycles. The minimum atomic E-state index is -0.454. The van der Waals surface area contributed by atoms with Crippen molar-refractivity contribution in [3.8, 4) is 0 Å². The van der Waals surface area contributed by atoms with E-state index in [9.17, 15) is 9.18 Å². The van der Waals surface area contributed by atoms with Gasteiger partial charge in [-0.15, -0.1) is 0 Å². The Labute approximate surface area is 101 Å². The van der Waals surface area contributed by atoms with Crippen molar-refractivity contribution in [2.45, 2.75) is 32.4 Å². The lowest BCUT2D eigenvalue weighted by atomic mass is 10.0. The standard InChI is InChI=1S/C13H18FNO2/c1-4-12(15-9(2)13(16)17-3)10-7-5-6-8-11(10)14/h5-9,12,15H,4H2,1-3H3. The molecule has 94 valence electrons. The molecule has 0 saturated carbocycles. The van der Waals surface area contributed by atoms with E-state index in [-0.39, 0.29) is 17.8 Å². The number of rotatable bonds is 5. The summed E-state index contributed by atoms with van der Waals surface area (Å²) in [6.07, 6.45) is 0.697. The highest BCUT2D eigenvalue weighted by atomic mass is 19.1. The molecule has 1 N–H and O–H groups in total. The Kier molecular flexibility index (Phi) is 5.10. The first-order chi connectivity index (χ1) is 8.10. The minimum Gasteiger partial charge on any atom is -0.468 e. The van der Waals surface area contributed by atoms with Crippen molar-refractivity contribution in [2.75, 3.05) is 7.11 Å². The first-order valence-corrected chi connectivity index (χ1v) is 5.68. The quantitative estimate of drug-likeness (QED) is 0.802. The maximum atomic E-state index is 13.6. The van der Waals surface area contributed by atoms with Crippen molar-refractivity contribution in [1.82, 2.24) is 5.32 Å². The van der Waals surface area contributed by atoms with Crippen molar-refractivity contribution in [1.29, 1.82) is 0 Å². The van der Waals surface area contributed by atoms with Crippen LogP contribution in [-0.2, 0) is 9.53 Å². The monoisotopic (exact) mass is 239 g/mol. The van der Waals surface area contributed by atoms with E-state index < -0.39 is 6.04 Å². The molecule has 1 rings (SSSR count). The van der Waals surface area contributed by atoms with Crippen LogP contribution in [0.15, 0.2) is 24.3 Å². The third-order valence-corrected chi connectivity index (χ3v) is 2.69. The molecule has 0 aliphatic heterocycles. The maximum absolute atomic E-state index is 13.6. The van der Waals surface area contributed by atoms with Crippen molar-refractivity contribution in [3.63, 3.8) is 0 Å². The smallest absolute Gasteiger partial charge is 0.322 e. The third kappa shape index (κ3) is 3.53. The Morgan fingerprint density at radius 1 is 1.47 bits per heavy atom. The fourth-order valence-corrected chi connectivity index (χ4v) is 1.73. The molecule has 17 heavy (non-hydrogen) atoms. The normalized spacial score (nSPS) is 14.1. The summed E-state index contributed by atoms with van der Waals surface area (Å²) in [5.74, 6) is -0.608. The number of halogens is 1. The molecule has 3 nitrogen and oxygen atoms in total. The number of nitrogens with one attached hydrogen (secondary N) is 1. The number of methoxy groups -OCH3 is 1. The van der Waals surface area contributed by atoms with Gasteiger partial charge in [0.05, 0.1) is 7.11 Å². The summed E-state index contributed by atoms with van der Waals surface area (Å²) in [6, 6.07) is 5.93. The van der Waals surface area contributed by atoms with Crippen LogP contribution in [0.1, 0.15) is 31.9 Å². The highest BCUT2D eigenvalue weighted by Gasteiger charge is 2.20. The van der Waals surface area contributed by atoms with Crippen LogP contribution in [-0.4, -0.2) is 19.1 Å². The number of carbonyl (C=O) groups is 1. The van der Waals surface area contributed by atoms with Gasteiger partial charge < -0.3 is 4.74 Å². The van der Waals surface area contributed by atoms with Crippen LogP contribution in [0.3, 0.4) is 0 Å². The van der Waals surface area contributed by atoms with Crippen molar-refractivity contribution in [2.24, 2.45) is 0 Å². The molecule has 0 aliphatic rings. The topological polar surface area (TPSA) is 38.3 Å². The van der Waals surface area contributed by atoms with E-state index in [0.29, 0.717) is 12.0 Å². The number of hydrogen-bond donors (Lipinski definition) is 1. The molecule has 1 aromatic rings. The molecular weight excluding hydrogens is 221 g/mol. The Morgan fingerprint density at radius 3 is 2.65 bits per heavy atom. The van der Waals surface area contributed by atoms with Crippen LogP contribution in [0.4, 0.5) is 4.39 Å². The highest BCUT2D eigenvalue weighted by molar-refractivity contribution is 5.75. The van der Waals surface area contributed by atoms with E-state index in [4.69, 9.17) is 0 Å². The van der Waals surface area contributed by atoms with Gasteiger partial charge in [-0.1, -0.05) is 25.1 Å². The van der Waals surface area contributed by atoms with Crippen LogP contribution in [0, 0.1) is 5.82 Å². The molecule has 0 bridgehead atoms. The maximum Gasteiger partial charge on any atom is 0.322 e. The van der Waals surface area contributed by atoms with Crippen LogP contribution in [0.2, 0.25) is 0 Å². The number of hydrogen-bond acceptors (Lipinski definition) is 3. The molecule has 0 aliphatic carbocycles. The molecule has 0 radical (unpaired) electrons. The van der Waals surface area contributed by atoms with Gasteiger partial charge >= 0.3 is 5.97 Å². The van der Waals surface area contributed by atoms with Gasteiger partial charge in [-0.3, -0.25) is 10.1 Å². The number of carbonyl (C=O) groups excluding carboxylic acids is 1. The predicted octanol–water partition coefficient (Wildman–Crippen LogP) is 2.43. The van der Waals surface area contributed by atoms with Crippen LogP contribution in [0.25, 0.3) is 0 Å². The minimum absolute atomic E-state index is 0.190. The van der Waals surface area contributed by atoms with Crippen molar-refractivity contribution in [3.05, 3.63) is 35.6 Å². The first-order valence-electron chi connectivity index (χ1n) is 5.68. The second-order valence-corrected chi connectivity index (χ2v) is 3.89. The van der Waals surface area contributed by atoms with Crippen molar-refractivity contribution >= 4 is 5.97 Å². The molecule has 2 atom stereocenters. The van der Waals surface area contributed by atoms with E-state index in [1.165, 1.54) is 13.2 Å². The lowest BCUT2D eigenvalue weighted by Gasteiger charge is -2.21. The molecule has 4 heteroatoms. The summed E-state index contributed by atoms with van der Waals surface area (Å²) >= 11 is 0. The molecule has 2 unspecified atom stereocenters. The lowest BCUT2D eigenvalue weighted by molar-refractivity contribution is -0.142. The average Bonchev–Trinajstić information content (AvgIpc) is 2.35. The second kappa shape index (κ2) is 6.35. The second-order valence-electron chi connectivity index (χ2n) is 3.89. The molecule has 0 amide bonds. The molecular formula is C13H18FNO2. The summed E-state index contributed by atoms with van der Waals surface area (Å²) in [6.45, 7) is 3.64. The van der Waals surface area contributed by atoms with E-state index in [1.807, 2.05) is 6.92 Å². The van der Waals surface area contributed by atoms with Gasteiger partial charge in [0.2, 0.25) is 0 Å². The zero-order valence-corrected chi connectivity index (χ0v) is 10.4. The van der Waals surface area contributed by atoms with E-state index in [2.05, 4.69) is 10.1 Å². The zero-order valence-electron chi connectivity index (χ0n) is 10.4. The zero-order chi connectivity index (χ0) is 12.8. The average molecular weight is 239 g/mol. The van der Waals surface area contributed by atoms with E-state index in [1.54, 1.807) is 25.1 Å². The van der Waals surface area contributed by atoms with Gasteiger partial charge in [-0.2, -0.15) is 0 Å². The summed E-state index contributed by atoms with van der Waals surface area (Å²) in [7, 11) is 1.34. The Hall–Kier alpha value is -1.42. The third-order valence-electron chi connectivity index (χ3n) is 2.69. The number of esters is 1. The molecule has 1 aromatic carbocycles. The SMILES string of the molecule is CCC(NC(C)C(=O)OC)c1ccccc1F. The molecule has 0 spiro atoms. The summed E-state index contributed by atoms with van der Waals surface area (Å²) < 4.78 is 18.2. The highest BCUT2D eigenvalue weighted by Crippen LogP contribution is 2.20. The van der Waals surface area contributed by atoms with Crippen LogP contribution < -0.4 is 5.32 Å².